The minimum atomic E-state index is -0.534. The Kier molecular flexibility index (Phi) is 5.65. The number of ether oxygens (including phenoxy) is 1. The maximum atomic E-state index is 12.0. The van der Waals surface area contributed by atoms with Gasteiger partial charge in [0.05, 0.1) is 18.6 Å². The Morgan fingerprint density at radius 3 is 3.00 bits per heavy atom. The molecule has 0 bridgehead atoms. The van der Waals surface area contributed by atoms with Gasteiger partial charge in [-0.25, -0.2) is 0 Å². The summed E-state index contributed by atoms with van der Waals surface area (Å²) < 4.78 is 5.33. The zero-order chi connectivity index (χ0) is 16.1. The average Bonchev–Trinajstić information content (AvgIpc) is 2.60. The van der Waals surface area contributed by atoms with Crippen LogP contribution in [-0.4, -0.2) is 54.9 Å². The SMILES string of the molecule is O=C(NC[C@@H](O)CN1CCc2ccccc2C1)[C@@H]1CCCOC1. The average molecular weight is 318 g/mol. The third-order valence-electron chi connectivity index (χ3n) is 4.72. The number of aliphatic hydroxyl groups is 1. The highest BCUT2D eigenvalue weighted by atomic mass is 16.5. The van der Waals surface area contributed by atoms with Gasteiger partial charge in [0.25, 0.3) is 0 Å². The molecule has 0 aromatic heterocycles. The van der Waals surface area contributed by atoms with E-state index in [1.165, 1.54) is 11.1 Å². The molecule has 1 amide bonds. The van der Waals surface area contributed by atoms with Gasteiger partial charge in [0.2, 0.25) is 5.91 Å². The van der Waals surface area contributed by atoms with Gasteiger partial charge in [0.1, 0.15) is 0 Å². The van der Waals surface area contributed by atoms with Crippen molar-refractivity contribution in [1.82, 2.24) is 10.2 Å². The Morgan fingerprint density at radius 2 is 2.22 bits per heavy atom. The molecule has 0 saturated carbocycles. The fourth-order valence-electron chi connectivity index (χ4n) is 3.38. The summed E-state index contributed by atoms with van der Waals surface area (Å²) in [4.78, 5) is 14.3. The summed E-state index contributed by atoms with van der Waals surface area (Å²) in [6.45, 7) is 3.99. The Hall–Kier alpha value is -1.43. The van der Waals surface area contributed by atoms with Crippen molar-refractivity contribution in [2.24, 2.45) is 5.92 Å². The first kappa shape index (κ1) is 16.4. The maximum Gasteiger partial charge on any atom is 0.225 e. The van der Waals surface area contributed by atoms with Gasteiger partial charge in [-0.1, -0.05) is 24.3 Å². The van der Waals surface area contributed by atoms with E-state index >= 15 is 0 Å². The lowest BCUT2D eigenvalue weighted by Crippen LogP contribution is -2.44. The van der Waals surface area contributed by atoms with Crippen molar-refractivity contribution in [2.45, 2.75) is 31.9 Å². The van der Waals surface area contributed by atoms with Crippen LogP contribution in [-0.2, 0) is 22.5 Å². The molecule has 2 atom stereocenters. The van der Waals surface area contributed by atoms with Gasteiger partial charge in [-0.3, -0.25) is 9.69 Å². The molecule has 1 aromatic rings. The normalized spacial score (nSPS) is 23.1. The van der Waals surface area contributed by atoms with E-state index in [0.717, 1.165) is 39.0 Å². The second-order valence-electron chi connectivity index (χ2n) is 6.57. The number of nitrogens with one attached hydrogen (secondary N) is 1. The number of amides is 1. The molecule has 5 heteroatoms. The van der Waals surface area contributed by atoms with Gasteiger partial charge in [0.15, 0.2) is 0 Å². The summed E-state index contributed by atoms with van der Waals surface area (Å²) in [5.41, 5.74) is 2.75. The molecule has 5 nitrogen and oxygen atoms in total. The van der Waals surface area contributed by atoms with Crippen molar-refractivity contribution < 1.29 is 14.6 Å². The molecule has 0 aliphatic carbocycles. The predicted molar refractivity (Wildman–Crippen MR) is 88.0 cm³/mol. The van der Waals surface area contributed by atoms with Crippen molar-refractivity contribution in [3.05, 3.63) is 35.4 Å². The first-order valence-electron chi connectivity index (χ1n) is 8.55. The number of rotatable bonds is 5. The van der Waals surface area contributed by atoms with Gasteiger partial charge in [0, 0.05) is 32.8 Å². The summed E-state index contributed by atoms with van der Waals surface area (Å²) in [6.07, 6.45) is 2.31. The molecular weight excluding hydrogens is 292 g/mol. The highest BCUT2D eigenvalue weighted by Crippen LogP contribution is 2.18. The lowest BCUT2D eigenvalue weighted by molar-refractivity contribution is -0.129. The molecule has 23 heavy (non-hydrogen) atoms. The summed E-state index contributed by atoms with van der Waals surface area (Å²) in [6, 6.07) is 8.47. The minimum Gasteiger partial charge on any atom is -0.390 e. The van der Waals surface area contributed by atoms with Crippen LogP contribution in [0, 0.1) is 5.92 Å². The van der Waals surface area contributed by atoms with E-state index in [1.807, 2.05) is 0 Å². The van der Waals surface area contributed by atoms with Crippen LogP contribution in [0.25, 0.3) is 0 Å². The number of hydrogen-bond acceptors (Lipinski definition) is 4. The molecule has 1 saturated heterocycles. The van der Waals surface area contributed by atoms with Gasteiger partial charge >= 0.3 is 0 Å². The lowest BCUT2D eigenvalue weighted by atomic mass is 9.99. The number of nitrogens with zero attached hydrogens (tertiary/aromatic N) is 1. The minimum absolute atomic E-state index is 0.00717. The van der Waals surface area contributed by atoms with E-state index in [-0.39, 0.29) is 11.8 Å². The van der Waals surface area contributed by atoms with E-state index < -0.39 is 6.10 Å². The highest BCUT2D eigenvalue weighted by Gasteiger charge is 2.23. The second-order valence-corrected chi connectivity index (χ2v) is 6.57. The van der Waals surface area contributed by atoms with Gasteiger partial charge in [-0.2, -0.15) is 0 Å². The van der Waals surface area contributed by atoms with Crippen LogP contribution in [0.1, 0.15) is 24.0 Å². The van der Waals surface area contributed by atoms with Crippen LogP contribution in [0.2, 0.25) is 0 Å². The van der Waals surface area contributed by atoms with Crippen molar-refractivity contribution >= 4 is 5.91 Å². The van der Waals surface area contributed by atoms with E-state index in [0.29, 0.717) is 19.7 Å². The number of carbonyl (C=O) groups excluding carboxylic acids is 1. The molecule has 1 fully saturated rings. The Bertz CT molecular complexity index is 529. The van der Waals surface area contributed by atoms with Gasteiger partial charge in [-0.05, 0) is 30.4 Å². The van der Waals surface area contributed by atoms with E-state index in [9.17, 15) is 9.90 Å². The quantitative estimate of drug-likeness (QED) is 0.848. The smallest absolute Gasteiger partial charge is 0.225 e. The number of fused-ring (bicyclic) bond motifs is 1. The fourth-order valence-corrected chi connectivity index (χ4v) is 3.38. The zero-order valence-electron chi connectivity index (χ0n) is 13.5. The van der Waals surface area contributed by atoms with Crippen LogP contribution in [0.4, 0.5) is 0 Å². The van der Waals surface area contributed by atoms with E-state index in [1.54, 1.807) is 0 Å². The number of β-amino-alcohol motifs (C(OH)–C–C–N with tert-alkyl or cyclic N) is 1. The maximum absolute atomic E-state index is 12.0. The van der Waals surface area contributed by atoms with Crippen molar-refractivity contribution in [2.75, 3.05) is 32.8 Å². The molecule has 3 rings (SSSR count). The number of carbonyl (C=O) groups is 1. The lowest BCUT2D eigenvalue weighted by Gasteiger charge is -2.30. The Balaban J connectivity index is 1.41. The molecule has 1 aromatic carbocycles. The van der Waals surface area contributed by atoms with Crippen LogP contribution < -0.4 is 5.32 Å². The van der Waals surface area contributed by atoms with Crippen LogP contribution in [0.3, 0.4) is 0 Å². The molecule has 2 heterocycles. The third kappa shape index (κ3) is 4.53. The largest absolute Gasteiger partial charge is 0.390 e. The van der Waals surface area contributed by atoms with Crippen LogP contribution in [0.5, 0.6) is 0 Å². The molecule has 2 N–H and O–H groups in total. The summed E-state index contributed by atoms with van der Waals surface area (Å²) in [5.74, 6) is -0.0504. The molecule has 0 radical (unpaired) electrons. The monoisotopic (exact) mass is 318 g/mol. The summed E-state index contributed by atoms with van der Waals surface area (Å²) in [5, 5.41) is 13.1. The van der Waals surface area contributed by atoms with Crippen molar-refractivity contribution in [3.8, 4) is 0 Å². The second kappa shape index (κ2) is 7.90. The highest BCUT2D eigenvalue weighted by molar-refractivity contribution is 5.78. The first-order valence-corrected chi connectivity index (χ1v) is 8.55. The topological polar surface area (TPSA) is 61.8 Å². The summed E-state index contributed by atoms with van der Waals surface area (Å²) in [7, 11) is 0. The molecule has 2 aliphatic rings. The summed E-state index contributed by atoms with van der Waals surface area (Å²) >= 11 is 0. The Morgan fingerprint density at radius 1 is 1.39 bits per heavy atom. The van der Waals surface area contributed by atoms with Gasteiger partial charge in [-0.15, -0.1) is 0 Å². The van der Waals surface area contributed by atoms with E-state index in [2.05, 4.69) is 34.5 Å². The van der Waals surface area contributed by atoms with Crippen molar-refractivity contribution in [3.63, 3.8) is 0 Å². The predicted octanol–water partition coefficient (Wildman–Crippen LogP) is 0.948. The molecule has 0 unspecified atom stereocenters. The third-order valence-corrected chi connectivity index (χ3v) is 4.72. The zero-order valence-corrected chi connectivity index (χ0v) is 13.5. The number of hydrogen-bond donors (Lipinski definition) is 2. The fraction of sp³-hybridized carbons (Fsp3) is 0.611. The van der Waals surface area contributed by atoms with Crippen LogP contribution in [0.15, 0.2) is 24.3 Å². The standard InChI is InChI=1S/C18H26N2O3/c21-17(10-19-18(22)16-6-3-9-23-13-16)12-20-8-7-14-4-1-2-5-15(14)11-20/h1-2,4-5,16-17,21H,3,6-13H2,(H,19,22)/t16-,17-/m1/s1. The van der Waals surface area contributed by atoms with Crippen molar-refractivity contribution in [1.29, 1.82) is 0 Å². The van der Waals surface area contributed by atoms with E-state index in [4.69, 9.17) is 4.74 Å². The van der Waals surface area contributed by atoms with Gasteiger partial charge < -0.3 is 15.2 Å². The Labute approximate surface area is 137 Å². The van der Waals surface area contributed by atoms with Crippen LogP contribution >= 0.6 is 0 Å². The molecular formula is C18H26N2O3. The molecule has 126 valence electrons. The number of aliphatic hydroxyl groups excluding tert-OH is 1. The number of benzene rings is 1. The molecule has 0 spiro atoms. The molecule has 2 aliphatic heterocycles. The first-order chi connectivity index (χ1) is 11.2.